The molecule has 0 amide bonds. The van der Waals surface area contributed by atoms with Crippen LogP contribution in [0.1, 0.15) is 51.5 Å². The van der Waals surface area contributed by atoms with Gasteiger partial charge in [-0.05, 0) is 65.8 Å². The fourth-order valence-electron chi connectivity index (χ4n) is 3.53. The summed E-state index contributed by atoms with van der Waals surface area (Å²) in [6, 6.07) is 12.5. The Morgan fingerprint density at radius 1 is 1.13 bits per heavy atom. The second kappa shape index (κ2) is 8.88. The summed E-state index contributed by atoms with van der Waals surface area (Å²) < 4.78 is 17.2. The van der Waals surface area contributed by atoms with Crippen molar-refractivity contribution in [1.29, 1.82) is 0 Å². The van der Waals surface area contributed by atoms with Crippen molar-refractivity contribution >= 4 is 22.8 Å². The van der Waals surface area contributed by atoms with Crippen molar-refractivity contribution in [3.05, 3.63) is 59.4 Å². The zero-order valence-corrected chi connectivity index (χ0v) is 18.7. The van der Waals surface area contributed by atoms with Crippen molar-refractivity contribution in [3.8, 4) is 16.9 Å². The maximum absolute atomic E-state index is 10.8. The van der Waals surface area contributed by atoms with Crippen LogP contribution in [0.25, 0.3) is 27.7 Å². The minimum Gasteiger partial charge on any atom is -0.467 e. The van der Waals surface area contributed by atoms with E-state index in [2.05, 4.69) is 52.0 Å². The molecule has 0 aliphatic rings. The third-order valence-corrected chi connectivity index (χ3v) is 5.22. The Hall–Kier alpha value is -2.85. The first-order valence-electron chi connectivity index (χ1n) is 10.2. The summed E-state index contributed by atoms with van der Waals surface area (Å²) in [6.07, 6.45) is 3.22. The van der Waals surface area contributed by atoms with E-state index in [1.807, 2.05) is 19.1 Å². The monoisotopic (exact) mass is 406 g/mol. The molecule has 0 radical (unpaired) electrons. The Balaban J connectivity index is 2.21. The predicted molar refractivity (Wildman–Crippen MR) is 122 cm³/mol. The molecular weight excluding hydrogens is 376 g/mol. The molecule has 4 heteroatoms. The van der Waals surface area contributed by atoms with E-state index in [0.29, 0.717) is 5.76 Å². The van der Waals surface area contributed by atoms with Crippen LogP contribution < -0.4 is 4.74 Å². The van der Waals surface area contributed by atoms with Gasteiger partial charge in [-0.15, -0.1) is 0 Å². The van der Waals surface area contributed by atoms with Crippen molar-refractivity contribution in [3.63, 3.8) is 0 Å². The molecule has 2 aromatic carbocycles. The number of allylic oxidation sites excluding steroid dienone is 2. The summed E-state index contributed by atoms with van der Waals surface area (Å²) in [6.45, 7) is 10.8. The second-order valence-corrected chi connectivity index (χ2v) is 8.52. The molecule has 4 nitrogen and oxygen atoms in total. The standard InChI is InChI=1S/C26H30O4/c1-7-18-12-21(25(29-16-28-6)22(13-18)26(3,4)5)19-8-9-23-20(14-19)15-24(30-23)17(2)10-11-27/h8-15H,7,16H2,1-6H3/b17-10+. The van der Waals surface area contributed by atoms with Crippen molar-refractivity contribution in [2.45, 2.75) is 46.5 Å². The largest absolute Gasteiger partial charge is 0.467 e. The lowest BCUT2D eigenvalue weighted by atomic mass is 9.82. The van der Waals surface area contributed by atoms with Gasteiger partial charge >= 0.3 is 0 Å². The van der Waals surface area contributed by atoms with Gasteiger partial charge in [0.2, 0.25) is 0 Å². The summed E-state index contributed by atoms with van der Waals surface area (Å²) in [5, 5.41) is 0.984. The van der Waals surface area contributed by atoms with Crippen LogP contribution in [0.2, 0.25) is 0 Å². The molecule has 0 unspecified atom stereocenters. The molecule has 0 bridgehead atoms. The SMILES string of the molecule is CCc1cc(-c2ccc3oc(/C(C)=C/C=O)cc3c2)c(OCOC)c(C(C)(C)C)c1. The minimum absolute atomic E-state index is 0.0767. The number of carbonyl (C=O) groups excluding carboxylic acids is 1. The van der Waals surface area contributed by atoms with E-state index in [0.717, 1.165) is 51.7 Å². The summed E-state index contributed by atoms with van der Waals surface area (Å²) in [4.78, 5) is 10.8. The number of hydrogen-bond donors (Lipinski definition) is 0. The second-order valence-electron chi connectivity index (χ2n) is 8.52. The predicted octanol–water partition coefficient (Wildman–Crippen LogP) is 6.54. The van der Waals surface area contributed by atoms with Gasteiger partial charge in [-0.3, -0.25) is 4.79 Å². The van der Waals surface area contributed by atoms with Crippen LogP contribution in [0.5, 0.6) is 5.75 Å². The Labute approximate surface area is 178 Å². The quantitative estimate of drug-likeness (QED) is 0.254. The van der Waals surface area contributed by atoms with Crippen molar-refractivity contribution in [2.75, 3.05) is 13.9 Å². The van der Waals surface area contributed by atoms with E-state index in [9.17, 15) is 4.79 Å². The van der Waals surface area contributed by atoms with Crippen LogP contribution >= 0.6 is 0 Å². The summed E-state index contributed by atoms with van der Waals surface area (Å²) in [5.74, 6) is 1.55. The van der Waals surface area contributed by atoms with Crippen LogP contribution in [-0.2, 0) is 21.4 Å². The van der Waals surface area contributed by atoms with E-state index in [4.69, 9.17) is 13.9 Å². The lowest BCUT2D eigenvalue weighted by Gasteiger charge is -2.26. The Morgan fingerprint density at radius 3 is 2.53 bits per heavy atom. The van der Waals surface area contributed by atoms with Gasteiger partial charge in [-0.25, -0.2) is 0 Å². The third-order valence-electron chi connectivity index (χ3n) is 5.22. The number of aldehydes is 1. The molecule has 0 aliphatic heterocycles. The average molecular weight is 407 g/mol. The topological polar surface area (TPSA) is 48.7 Å². The first-order chi connectivity index (χ1) is 14.3. The molecule has 0 saturated heterocycles. The van der Waals surface area contributed by atoms with Gasteiger partial charge in [-0.2, -0.15) is 0 Å². The smallest absolute Gasteiger partial charge is 0.188 e. The molecule has 0 N–H and O–H groups in total. The molecule has 3 aromatic rings. The van der Waals surface area contributed by atoms with Gasteiger partial charge in [0.1, 0.15) is 23.4 Å². The molecule has 0 atom stereocenters. The van der Waals surface area contributed by atoms with E-state index >= 15 is 0 Å². The highest BCUT2D eigenvalue weighted by atomic mass is 16.7. The van der Waals surface area contributed by atoms with Crippen LogP contribution in [0.3, 0.4) is 0 Å². The van der Waals surface area contributed by atoms with Gasteiger partial charge in [0, 0.05) is 23.6 Å². The molecule has 0 aliphatic carbocycles. The Bertz CT molecular complexity index is 1080. The fourth-order valence-corrected chi connectivity index (χ4v) is 3.53. The molecule has 30 heavy (non-hydrogen) atoms. The van der Waals surface area contributed by atoms with Gasteiger partial charge < -0.3 is 13.9 Å². The molecule has 158 valence electrons. The maximum Gasteiger partial charge on any atom is 0.188 e. The molecule has 0 saturated carbocycles. The van der Waals surface area contributed by atoms with Crippen molar-refractivity contribution in [1.82, 2.24) is 0 Å². The number of rotatable bonds is 7. The van der Waals surface area contributed by atoms with Crippen LogP contribution in [-0.4, -0.2) is 20.2 Å². The highest BCUT2D eigenvalue weighted by molar-refractivity contribution is 5.89. The van der Waals surface area contributed by atoms with Crippen LogP contribution in [0.15, 0.2) is 46.9 Å². The number of methoxy groups -OCH3 is 1. The van der Waals surface area contributed by atoms with Gasteiger partial charge in [0.05, 0.1) is 0 Å². The van der Waals surface area contributed by atoms with Crippen molar-refractivity contribution in [2.24, 2.45) is 0 Å². The maximum atomic E-state index is 10.8. The fraction of sp³-hybridized carbons (Fsp3) is 0.346. The molecule has 0 fully saturated rings. The molecule has 0 spiro atoms. The van der Waals surface area contributed by atoms with Gasteiger partial charge in [0.25, 0.3) is 0 Å². The number of furan rings is 1. The molecule has 1 heterocycles. The minimum atomic E-state index is -0.0767. The normalized spacial score (nSPS) is 12.4. The van der Waals surface area contributed by atoms with E-state index in [1.165, 1.54) is 11.6 Å². The highest BCUT2D eigenvalue weighted by Gasteiger charge is 2.24. The summed E-state index contributed by atoms with van der Waals surface area (Å²) >= 11 is 0. The third kappa shape index (κ3) is 4.49. The summed E-state index contributed by atoms with van der Waals surface area (Å²) in [7, 11) is 1.63. The van der Waals surface area contributed by atoms with E-state index in [1.54, 1.807) is 7.11 Å². The van der Waals surface area contributed by atoms with Gasteiger partial charge in [0.15, 0.2) is 6.79 Å². The number of hydrogen-bond acceptors (Lipinski definition) is 4. The van der Waals surface area contributed by atoms with E-state index in [-0.39, 0.29) is 12.2 Å². The number of fused-ring (bicyclic) bond motifs is 1. The number of carbonyl (C=O) groups is 1. The number of benzene rings is 2. The first kappa shape index (κ1) is 21.8. The van der Waals surface area contributed by atoms with Crippen LogP contribution in [0.4, 0.5) is 0 Å². The lowest BCUT2D eigenvalue weighted by molar-refractivity contribution is -0.104. The highest BCUT2D eigenvalue weighted by Crippen LogP contribution is 2.41. The van der Waals surface area contributed by atoms with Gasteiger partial charge in [-0.1, -0.05) is 39.8 Å². The number of ether oxygens (including phenoxy) is 2. The lowest BCUT2D eigenvalue weighted by Crippen LogP contribution is -2.15. The van der Waals surface area contributed by atoms with Crippen LogP contribution in [0, 0.1) is 0 Å². The first-order valence-corrected chi connectivity index (χ1v) is 10.2. The molecule has 1 aromatic heterocycles. The molecule has 3 rings (SSSR count). The average Bonchev–Trinajstić information content (AvgIpc) is 3.14. The van der Waals surface area contributed by atoms with E-state index < -0.39 is 0 Å². The number of aryl methyl sites for hydroxylation is 1. The Morgan fingerprint density at radius 2 is 1.90 bits per heavy atom. The zero-order valence-electron chi connectivity index (χ0n) is 18.7. The summed E-state index contributed by atoms with van der Waals surface area (Å²) in [5.41, 5.74) is 6.03. The molecular formula is C26H30O4. The van der Waals surface area contributed by atoms with Crippen molar-refractivity contribution < 1.29 is 18.7 Å². The zero-order chi connectivity index (χ0) is 21.9. The Kier molecular flexibility index (Phi) is 6.47.